The van der Waals surface area contributed by atoms with E-state index >= 15 is 0 Å². The van der Waals surface area contributed by atoms with Crippen LogP contribution in [0.2, 0.25) is 0 Å². The van der Waals surface area contributed by atoms with Crippen molar-refractivity contribution in [2.45, 2.75) is 13.8 Å². The fourth-order valence-electron chi connectivity index (χ4n) is 3.66. The van der Waals surface area contributed by atoms with Crippen LogP contribution >= 0.6 is 28.1 Å². The molecule has 0 radical (unpaired) electrons. The van der Waals surface area contributed by atoms with E-state index in [4.69, 9.17) is 12.2 Å². The number of carbonyl (C=O) groups is 2. The Bertz CT molecular complexity index is 1430. The van der Waals surface area contributed by atoms with Crippen molar-refractivity contribution in [3.8, 4) is 5.69 Å². The van der Waals surface area contributed by atoms with Gasteiger partial charge in [-0.15, -0.1) is 0 Å². The van der Waals surface area contributed by atoms with Crippen LogP contribution in [0.5, 0.6) is 0 Å². The number of benzene rings is 3. The van der Waals surface area contributed by atoms with Gasteiger partial charge in [0, 0.05) is 21.9 Å². The molecule has 0 atom stereocenters. The number of anilines is 2. The molecule has 0 spiro atoms. The summed E-state index contributed by atoms with van der Waals surface area (Å²) in [6.07, 6.45) is 1.74. The number of aryl methyl sites for hydroxylation is 2. The first kappa shape index (κ1) is 23.6. The zero-order valence-electron chi connectivity index (χ0n) is 18.6. The molecule has 0 unspecified atom stereocenters. The molecule has 2 N–H and O–H groups in total. The standard InChI is InChI=1S/C27H22BrN3O2S/c1-17-7-6-8-18(2)25(17)31-16-20(12-14-24(31)34)27(33)30-23-15-19(11-13-22(23)28)26(32)29-21-9-4-3-5-10-21/h3-16H,1-2H3,(H,29,32)(H,30,33). The lowest BCUT2D eigenvalue weighted by molar-refractivity contribution is 0.101. The van der Waals surface area contributed by atoms with E-state index in [0.29, 0.717) is 31.6 Å². The van der Waals surface area contributed by atoms with Gasteiger partial charge in [0.2, 0.25) is 0 Å². The Morgan fingerprint density at radius 2 is 1.44 bits per heavy atom. The molecule has 0 saturated heterocycles. The fraction of sp³-hybridized carbons (Fsp3) is 0.0741. The molecule has 2 amide bonds. The average Bonchev–Trinajstić information content (AvgIpc) is 2.82. The van der Waals surface area contributed by atoms with Crippen LogP contribution in [0.1, 0.15) is 31.8 Å². The number of carbonyl (C=O) groups excluding carboxylic acids is 2. The first-order chi connectivity index (χ1) is 16.3. The van der Waals surface area contributed by atoms with E-state index in [1.807, 2.05) is 66.9 Å². The van der Waals surface area contributed by atoms with Gasteiger partial charge in [-0.1, -0.05) is 48.6 Å². The third-order valence-corrected chi connectivity index (χ3v) is 6.39. The van der Waals surface area contributed by atoms with Crippen LogP contribution in [0.25, 0.3) is 5.69 Å². The van der Waals surface area contributed by atoms with Crippen LogP contribution in [-0.2, 0) is 0 Å². The molecule has 4 rings (SSSR count). The van der Waals surface area contributed by atoms with Crippen molar-refractivity contribution in [3.63, 3.8) is 0 Å². The number of rotatable bonds is 5. The molecule has 4 aromatic rings. The second kappa shape index (κ2) is 10.2. The highest BCUT2D eigenvalue weighted by Crippen LogP contribution is 2.26. The number of pyridine rings is 1. The van der Waals surface area contributed by atoms with E-state index in [1.165, 1.54) is 0 Å². The maximum atomic E-state index is 13.1. The van der Waals surface area contributed by atoms with Gasteiger partial charge in [-0.25, -0.2) is 0 Å². The van der Waals surface area contributed by atoms with Crippen LogP contribution in [0.3, 0.4) is 0 Å². The summed E-state index contributed by atoms with van der Waals surface area (Å²) < 4.78 is 3.13. The first-order valence-electron chi connectivity index (χ1n) is 10.6. The van der Waals surface area contributed by atoms with Gasteiger partial charge in [0.15, 0.2) is 0 Å². The third kappa shape index (κ3) is 5.16. The van der Waals surface area contributed by atoms with E-state index in [-0.39, 0.29) is 11.8 Å². The number of hydrogen-bond acceptors (Lipinski definition) is 3. The molecule has 7 heteroatoms. The summed E-state index contributed by atoms with van der Waals surface area (Å²) in [6, 6.07) is 23.7. The van der Waals surface area contributed by atoms with Gasteiger partial charge in [0.05, 0.1) is 16.9 Å². The van der Waals surface area contributed by atoms with E-state index in [9.17, 15) is 9.59 Å². The normalized spacial score (nSPS) is 10.6. The summed E-state index contributed by atoms with van der Waals surface area (Å²) in [5.74, 6) is -0.575. The molecule has 5 nitrogen and oxygen atoms in total. The Balaban J connectivity index is 1.60. The Morgan fingerprint density at radius 3 is 2.15 bits per heavy atom. The monoisotopic (exact) mass is 531 g/mol. The predicted octanol–water partition coefficient (Wildman–Crippen LogP) is 7.09. The predicted molar refractivity (Wildman–Crippen MR) is 143 cm³/mol. The molecule has 0 saturated carbocycles. The lowest BCUT2D eigenvalue weighted by Gasteiger charge is -2.15. The Kier molecular flexibility index (Phi) is 7.05. The molecule has 170 valence electrons. The number of nitrogens with zero attached hydrogens (tertiary/aromatic N) is 1. The maximum Gasteiger partial charge on any atom is 0.257 e. The van der Waals surface area contributed by atoms with Crippen molar-refractivity contribution in [1.82, 2.24) is 4.57 Å². The largest absolute Gasteiger partial charge is 0.322 e. The zero-order valence-corrected chi connectivity index (χ0v) is 21.0. The lowest BCUT2D eigenvalue weighted by atomic mass is 10.1. The van der Waals surface area contributed by atoms with Gasteiger partial charge in [-0.05, 0) is 83.4 Å². The molecule has 1 aromatic heterocycles. The van der Waals surface area contributed by atoms with Crippen molar-refractivity contribution in [2.24, 2.45) is 0 Å². The van der Waals surface area contributed by atoms with Crippen LogP contribution in [-0.4, -0.2) is 16.4 Å². The van der Waals surface area contributed by atoms with E-state index in [2.05, 4.69) is 26.6 Å². The number of halogens is 1. The molecular formula is C27H22BrN3O2S. The SMILES string of the molecule is Cc1cccc(C)c1-n1cc(C(=O)Nc2cc(C(=O)Nc3ccccc3)ccc2Br)ccc1=S. The van der Waals surface area contributed by atoms with E-state index in [1.54, 1.807) is 36.5 Å². The molecule has 0 aliphatic carbocycles. The summed E-state index contributed by atoms with van der Waals surface area (Å²) in [7, 11) is 0. The number of aromatic nitrogens is 1. The maximum absolute atomic E-state index is 13.1. The Morgan fingerprint density at radius 1 is 0.794 bits per heavy atom. The molecule has 0 bridgehead atoms. The third-order valence-electron chi connectivity index (χ3n) is 5.36. The Labute approximate surface area is 211 Å². The number of nitrogens with one attached hydrogen (secondary N) is 2. The minimum Gasteiger partial charge on any atom is -0.322 e. The van der Waals surface area contributed by atoms with Gasteiger partial charge >= 0.3 is 0 Å². The minimum absolute atomic E-state index is 0.266. The van der Waals surface area contributed by atoms with Crippen molar-refractivity contribution in [2.75, 3.05) is 10.6 Å². The van der Waals surface area contributed by atoms with Gasteiger partial charge < -0.3 is 15.2 Å². The van der Waals surface area contributed by atoms with Crippen molar-refractivity contribution >= 4 is 51.3 Å². The number of amides is 2. The fourth-order valence-corrected chi connectivity index (χ4v) is 4.22. The second-order valence-electron chi connectivity index (χ2n) is 7.84. The van der Waals surface area contributed by atoms with Crippen LogP contribution in [0.15, 0.2) is 89.5 Å². The topological polar surface area (TPSA) is 63.1 Å². The summed E-state index contributed by atoms with van der Waals surface area (Å²) in [6.45, 7) is 4.03. The van der Waals surface area contributed by atoms with Crippen LogP contribution in [0, 0.1) is 18.5 Å². The summed E-state index contributed by atoms with van der Waals surface area (Å²) in [4.78, 5) is 25.8. The molecule has 3 aromatic carbocycles. The average molecular weight is 532 g/mol. The van der Waals surface area contributed by atoms with Gasteiger partial charge in [-0.3, -0.25) is 9.59 Å². The summed E-state index contributed by atoms with van der Waals surface area (Å²) in [5, 5.41) is 5.75. The molecular weight excluding hydrogens is 510 g/mol. The number of para-hydroxylation sites is 2. The highest BCUT2D eigenvalue weighted by atomic mass is 79.9. The van der Waals surface area contributed by atoms with E-state index < -0.39 is 0 Å². The highest BCUT2D eigenvalue weighted by molar-refractivity contribution is 9.10. The van der Waals surface area contributed by atoms with E-state index in [0.717, 1.165) is 16.8 Å². The summed E-state index contributed by atoms with van der Waals surface area (Å²) in [5.41, 5.74) is 5.15. The van der Waals surface area contributed by atoms with Crippen molar-refractivity contribution < 1.29 is 9.59 Å². The molecule has 34 heavy (non-hydrogen) atoms. The first-order valence-corrected chi connectivity index (χ1v) is 11.8. The second-order valence-corrected chi connectivity index (χ2v) is 9.11. The van der Waals surface area contributed by atoms with Gasteiger partial charge in [0.25, 0.3) is 11.8 Å². The molecule has 0 aliphatic rings. The summed E-state index contributed by atoms with van der Waals surface area (Å²) >= 11 is 8.99. The van der Waals surface area contributed by atoms with Crippen LogP contribution < -0.4 is 10.6 Å². The van der Waals surface area contributed by atoms with Crippen LogP contribution in [0.4, 0.5) is 11.4 Å². The van der Waals surface area contributed by atoms with Gasteiger partial charge in [0.1, 0.15) is 4.64 Å². The molecule has 0 fully saturated rings. The van der Waals surface area contributed by atoms with Crippen molar-refractivity contribution in [1.29, 1.82) is 0 Å². The van der Waals surface area contributed by atoms with Gasteiger partial charge in [-0.2, -0.15) is 0 Å². The zero-order chi connectivity index (χ0) is 24.2. The molecule has 1 heterocycles. The van der Waals surface area contributed by atoms with Crippen molar-refractivity contribution in [3.05, 3.63) is 116 Å². The molecule has 0 aliphatic heterocycles. The minimum atomic E-state index is -0.309. The highest BCUT2D eigenvalue weighted by Gasteiger charge is 2.14. The lowest BCUT2D eigenvalue weighted by Crippen LogP contribution is -2.16. The quantitative estimate of drug-likeness (QED) is 0.270. The Hall–Kier alpha value is -3.55. The smallest absolute Gasteiger partial charge is 0.257 e. The number of hydrogen-bond donors (Lipinski definition) is 2.